The van der Waals surface area contributed by atoms with E-state index in [1.165, 1.54) is 18.2 Å². The van der Waals surface area contributed by atoms with Crippen LogP contribution in [0.4, 0.5) is 0 Å². The van der Waals surface area contributed by atoms with Crippen molar-refractivity contribution in [3.63, 3.8) is 0 Å². The molecule has 0 saturated heterocycles. The summed E-state index contributed by atoms with van der Waals surface area (Å²) in [5.74, 6) is 0.399. The molecule has 26 heavy (non-hydrogen) atoms. The van der Waals surface area contributed by atoms with E-state index >= 15 is 0 Å². The average Bonchev–Trinajstić information content (AvgIpc) is 2.62. The lowest BCUT2D eigenvalue weighted by Gasteiger charge is -2.32. The number of sulfone groups is 1. The summed E-state index contributed by atoms with van der Waals surface area (Å²) in [4.78, 5) is 13.6. The number of amides is 1. The summed E-state index contributed by atoms with van der Waals surface area (Å²) in [6.07, 6.45) is 4.87. The lowest BCUT2D eigenvalue weighted by molar-refractivity contribution is -0.121. The summed E-state index contributed by atoms with van der Waals surface area (Å²) in [6, 6.07) is 7.07. The van der Waals surface area contributed by atoms with Gasteiger partial charge in [-0.2, -0.15) is 0 Å². The molecule has 0 aromatic heterocycles. The number of rotatable bonds is 8. The van der Waals surface area contributed by atoms with E-state index in [2.05, 4.69) is 5.32 Å². The van der Waals surface area contributed by atoms with Crippen molar-refractivity contribution in [3.05, 3.63) is 24.3 Å². The second-order valence-corrected chi connectivity index (χ2v) is 10.4. The second kappa shape index (κ2) is 9.76. The van der Waals surface area contributed by atoms with Crippen LogP contribution < -0.4 is 11.1 Å². The fourth-order valence-electron chi connectivity index (χ4n) is 3.41. The summed E-state index contributed by atoms with van der Waals surface area (Å²) < 4.78 is 25.0. The number of nitrogens with one attached hydrogen (secondary N) is 1. The minimum absolute atomic E-state index is 0.0527. The highest BCUT2D eigenvalue weighted by atomic mass is 32.2. The maximum atomic E-state index is 12.6. The van der Waals surface area contributed by atoms with Crippen LogP contribution in [-0.2, 0) is 14.6 Å². The van der Waals surface area contributed by atoms with Gasteiger partial charge in [-0.05, 0) is 50.8 Å². The van der Waals surface area contributed by atoms with E-state index in [0.717, 1.165) is 19.3 Å². The van der Waals surface area contributed by atoms with E-state index < -0.39 is 9.84 Å². The Morgan fingerprint density at radius 3 is 2.69 bits per heavy atom. The normalized spacial score (nSPS) is 22.0. The van der Waals surface area contributed by atoms with E-state index in [0.29, 0.717) is 28.7 Å². The van der Waals surface area contributed by atoms with Crippen molar-refractivity contribution in [2.45, 2.75) is 67.0 Å². The molecule has 1 aromatic carbocycles. The molecule has 0 aliphatic heterocycles. The molecular weight excluding hydrogens is 368 g/mol. The summed E-state index contributed by atoms with van der Waals surface area (Å²) in [5.41, 5.74) is 5.84. The van der Waals surface area contributed by atoms with E-state index in [4.69, 9.17) is 5.73 Å². The predicted molar refractivity (Wildman–Crippen MR) is 107 cm³/mol. The molecule has 7 heteroatoms. The van der Waals surface area contributed by atoms with Crippen LogP contribution in [0.25, 0.3) is 0 Å². The second-order valence-electron chi connectivity index (χ2n) is 6.92. The van der Waals surface area contributed by atoms with Gasteiger partial charge in [-0.15, -0.1) is 11.8 Å². The Balaban J connectivity index is 2.07. The minimum Gasteiger partial charge on any atom is -0.352 e. The molecule has 0 radical (unpaired) electrons. The largest absolute Gasteiger partial charge is 0.352 e. The lowest BCUT2D eigenvalue weighted by atomic mass is 9.84. The zero-order valence-electron chi connectivity index (χ0n) is 15.6. The molecule has 1 saturated carbocycles. The third-order valence-electron chi connectivity index (χ3n) is 4.87. The van der Waals surface area contributed by atoms with Crippen LogP contribution >= 0.6 is 11.8 Å². The van der Waals surface area contributed by atoms with Crippen LogP contribution in [0.5, 0.6) is 0 Å². The molecular formula is C19H30N2O3S2. The maximum absolute atomic E-state index is 12.6. The molecule has 0 spiro atoms. The first-order chi connectivity index (χ1) is 12.4. The van der Waals surface area contributed by atoms with Crippen molar-refractivity contribution in [2.75, 3.05) is 12.3 Å². The van der Waals surface area contributed by atoms with Gasteiger partial charge in [0.1, 0.15) is 0 Å². The SMILES string of the molecule is CCCS(=O)(=O)c1ccccc1SC(C)C(=O)NC1CCCCC1CN. The molecule has 146 valence electrons. The molecule has 1 fully saturated rings. The zero-order chi connectivity index (χ0) is 19.2. The highest BCUT2D eigenvalue weighted by Crippen LogP contribution is 2.31. The Morgan fingerprint density at radius 1 is 1.31 bits per heavy atom. The summed E-state index contributed by atoms with van der Waals surface area (Å²) in [7, 11) is -3.32. The fourth-order valence-corrected chi connectivity index (χ4v) is 6.25. The molecule has 3 N–H and O–H groups in total. The van der Waals surface area contributed by atoms with Gasteiger partial charge in [0, 0.05) is 10.9 Å². The number of benzene rings is 1. The summed E-state index contributed by atoms with van der Waals surface area (Å²) in [6.45, 7) is 4.26. The van der Waals surface area contributed by atoms with Gasteiger partial charge < -0.3 is 11.1 Å². The molecule has 1 aliphatic rings. The van der Waals surface area contributed by atoms with E-state index in [1.807, 2.05) is 19.9 Å². The Labute approximate surface area is 161 Å². The van der Waals surface area contributed by atoms with Crippen LogP contribution in [-0.4, -0.2) is 37.9 Å². The van der Waals surface area contributed by atoms with Crippen molar-refractivity contribution in [3.8, 4) is 0 Å². The Bertz CT molecular complexity index is 706. The van der Waals surface area contributed by atoms with Crippen molar-refractivity contribution in [1.82, 2.24) is 5.32 Å². The molecule has 5 nitrogen and oxygen atoms in total. The van der Waals surface area contributed by atoms with E-state index in [9.17, 15) is 13.2 Å². The molecule has 2 rings (SSSR count). The monoisotopic (exact) mass is 398 g/mol. The number of thioether (sulfide) groups is 1. The smallest absolute Gasteiger partial charge is 0.233 e. The van der Waals surface area contributed by atoms with Gasteiger partial charge in [-0.25, -0.2) is 8.42 Å². The van der Waals surface area contributed by atoms with Crippen LogP contribution in [0.1, 0.15) is 46.0 Å². The van der Waals surface area contributed by atoms with Gasteiger partial charge in [0.05, 0.1) is 15.9 Å². The predicted octanol–water partition coefficient (Wildman–Crippen LogP) is 2.98. The summed E-state index contributed by atoms with van der Waals surface area (Å²) in [5, 5.41) is 2.77. The number of nitrogens with two attached hydrogens (primary N) is 1. The maximum Gasteiger partial charge on any atom is 0.233 e. The van der Waals surface area contributed by atoms with Gasteiger partial charge in [0.15, 0.2) is 9.84 Å². The van der Waals surface area contributed by atoms with Crippen LogP contribution in [0, 0.1) is 5.92 Å². The van der Waals surface area contributed by atoms with Gasteiger partial charge in [0.25, 0.3) is 0 Å². The first-order valence-corrected chi connectivity index (χ1v) is 11.9. The quantitative estimate of drug-likeness (QED) is 0.657. The Morgan fingerprint density at radius 2 is 2.00 bits per heavy atom. The van der Waals surface area contributed by atoms with E-state index in [1.54, 1.807) is 18.2 Å². The molecule has 3 atom stereocenters. The number of hydrogen-bond donors (Lipinski definition) is 2. The van der Waals surface area contributed by atoms with Crippen molar-refractivity contribution in [2.24, 2.45) is 11.7 Å². The zero-order valence-corrected chi connectivity index (χ0v) is 17.2. The first kappa shape index (κ1) is 21.3. The highest BCUT2D eigenvalue weighted by Gasteiger charge is 2.28. The lowest BCUT2D eigenvalue weighted by Crippen LogP contribution is -2.47. The molecule has 1 amide bonds. The number of carbonyl (C=O) groups excluding carboxylic acids is 1. The van der Waals surface area contributed by atoms with Gasteiger partial charge in [-0.1, -0.05) is 31.9 Å². The topological polar surface area (TPSA) is 89.3 Å². The Kier molecular flexibility index (Phi) is 7.98. The van der Waals surface area contributed by atoms with Crippen LogP contribution in [0.2, 0.25) is 0 Å². The van der Waals surface area contributed by atoms with Crippen molar-refractivity contribution in [1.29, 1.82) is 0 Å². The molecule has 1 aliphatic carbocycles. The first-order valence-electron chi connectivity index (χ1n) is 9.38. The van der Waals surface area contributed by atoms with Gasteiger partial charge in [0.2, 0.25) is 5.91 Å². The van der Waals surface area contributed by atoms with Crippen LogP contribution in [0.15, 0.2) is 34.1 Å². The minimum atomic E-state index is -3.32. The molecule has 0 heterocycles. The standard InChI is InChI=1S/C19H30N2O3S2/c1-3-12-26(23,24)18-11-7-6-10-17(18)25-14(2)19(22)21-16-9-5-4-8-15(16)13-20/h6-7,10-11,14-16H,3-5,8-9,12-13,20H2,1-2H3,(H,21,22). The van der Waals surface area contributed by atoms with Gasteiger partial charge >= 0.3 is 0 Å². The molecule has 1 aromatic rings. The fraction of sp³-hybridized carbons (Fsp3) is 0.632. The number of carbonyl (C=O) groups is 1. The van der Waals surface area contributed by atoms with Gasteiger partial charge in [-0.3, -0.25) is 4.79 Å². The van der Waals surface area contributed by atoms with Crippen molar-refractivity contribution >= 4 is 27.5 Å². The molecule has 0 bridgehead atoms. The third-order valence-corrected chi connectivity index (χ3v) is 8.15. The van der Waals surface area contributed by atoms with E-state index in [-0.39, 0.29) is 23.0 Å². The summed E-state index contributed by atoms with van der Waals surface area (Å²) >= 11 is 1.31. The van der Waals surface area contributed by atoms with Crippen molar-refractivity contribution < 1.29 is 13.2 Å². The Hall–Kier alpha value is -1.05. The third kappa shape index (κ3) is 5.47. The number of hydrogen-bond acceptors (Lipinski definition) is 5. The van der Waals surface area contributed by atoms with Crippen LogP contribution in [0.3, 0.4) is 0 Å². The molecule has 3 unspecified atom stereocenters. The highest BCUT2D eigenvalue weighted by molar-refractivity contribution is 8.01. The average molecular weight is 399 g/mol.